The number of benzene rings is 2. The van der Waals surface area contributed by atoms with Crippen molar-refractivity contribution in [1.82, 2.24) is 24.3 Å². The first-order chi connectivity index (χ1) is 19.0. The third-order valence-electron chi connectivity index (χ3n) is 7.30. The summed E-state index contributed by atoms with van der Waals surface area (Å²) in [6, 6.07) is 11.5. The number of nitrogens with zero attached hydrogens (tertiary/aromatic N) is 5. The van der Waals surface area contributed by atoms with E-state index in [1.54, 1.807) is 38.8 Å². The van der Waals surface area contributed by atoms with Gasteiger partial charge in [-0.2, -0.15) is 4.31 Å². The van der Waals surface area contributed by atoms with Gasteiger partial charge in [0.05, 0.1) is 19.9 Å². The first-order valence-electron chi connectivity index (χ1n) is 13.1. The Morgan fingerprint density at radius 1 is 1.18 bits per heavy atom. The Morgan fingerprint density at radius 2 is 1.95 bits per heavy atom. The molecule has 1 aliphatic rings. The lowest BCUT2D eigenvalue weighted by molar-refractivity contribution is -0.117. The highest BCUT2D eigenvalue weighted by atomic mass is 32.2. The number of ether oxygens (including phenoxy) is 2. The summed E-state index contributed by atoms with van der Waals surface area (Å²) in [4.78, 5) is 16.7. The highest BCUT2D eigenvalue weighted by molar-refractivity contribution is 7.89. The van der Waals surface area contributed by atoms with E-state index in [1.165, 1.54) is 10.5 Å². The topological polar surface area (TPSA) is 117 Å². The minimum Gasteiger partial charge on any atom is -0.494 e. The molecule has 0 bridgehead atoms. The number of ketones is 1. The SMILES string of the molecule is COc1cc([C@@H](CC(C)=O)c2ccc(C)c(CN3C[C@@H](C)Oc4cc(C)ncc4S3(=O)=O)c2)cc2nnn(C)c12. The van der Waals surface area contributed by atoms with Gasteiger partial charge in [-0.15, -0.1) is 5.10 Å². The lowest BCUT2D eigenvalue weighted by Gasteiger charge is -2.24. The van der Waals surface area contributed by atoms with Gasteiger partial charge in [0, 0.05) is 37.7 Å². The van der Waals surface area contributed by atoms with E-state index in [0.29, 0.717) is 22.7 Å². The van der Waals surface area contributed by atoms with Crippen molar-refractivity contribution in [1.29, 1.82) is 0 Å². The van der Waals surface area contributed by atoms with Gasteiger partial charge >= 0.3 is 0 Å². The van der Waals surface area contributed by atoms with Crippen LogP contribution in [0.15, 0.2) is 47.5 Å². The first-order valence-corrected chi connectivity index (χ1v) is 14.5. The number of pyridine rings is 1. The molecule has 0 fully saturated rings. The van der Waals surface area contributed by atoms with E-state index >= 15 is 0 Å². The van der Waals surface area contributed by atoms with E-state index in [2.05, 4.69) is 15.3 Å². The molecule has 0 N–H and O–H groups in total. The van der Waals surface area contributed by atoms with Gasteiger partial charge < -0.3 is 9.47 Å². The van der Waals surface area contributed by atoms with Crippen LogP contribution in [0.3, 0.4) is 0 Å². The van der Waals surface area contributed by atoms with Crippen molar-refractivity contribution < 1.29 is 22.7 Å². The van der Waals surface area contributed by atoms with Gasteiger partial charge in [-0.05, 0) is 62.1 Å². The third-order valence-corrected chi connectivity index (χ3v) is 9.12. The molecule has 2 aromatic heterocycles. The number of hydrogen-bond donors (Lipinski definition) is 0. The molecular weight excluding hydrogens is 530 g/mol. The van der Waals surface area contributed by atoms with Gasteiger partial charge in [-0.1, -0.05) is 23.4 Å². The molecule has 11 heteroatoms. The zero-order valence-electron chi connectivity index (χ0n) is 23.5. The standard InChI is InChI=1S/C29H33N5O5S/c1-17-7-8-21(24(10-19(3)35)22-12-25-29(27(13-22)38-6)33(5)32-31-25)11-23(17)16-34-15-20(4)39-26-9-18(2)30-14-28(26)40(34,36)37/h7-9,11-14,20,24H,10,15-16H2,1-6H3/t20-,24+/m1/s1. The quantitative estimate of drug-likeness (QED) is 0.330. The number of carbonyl (C=O) groups excluding carboxylic acids is 1. The largest absolute Gasteiger partial charge is 0.494 e. The Kier molecular flexibility index (Phi) is 7.36. The zero-order valence-corrected chi connectivity index (χ0v) is 24.3. The minimum absolute atomic E-state index is 0.0332. The van der Waals surface area contributed by atoms with Crippen molar-refractivity contribution in [3.63, 3.8) is 0 Å². The van der Waals surface area contributed by atoms with Crippen LogP contribution >= 0.6 is 0 Å². The summed E-state index contributed by atoms with van der Waals surface area (Å²) in [5.74, 6) is 0.690. The maximum absolute atomic E-state index is 13.7. The Balaban J connectivity index is 1.56. The summed E-state index contributed by atoms with van der Waals surface area (Å²) in [6.45, 7) is 7.53. The molecule has 2 aromatic carbocycles. The second-order valence-corrected chi connectivity index (χ2v) is 12.4. The molecule has 2 atom stereocenters. The molecule has 10 nitrogen and oxygen atoms in total. The van der Waals surface area contributed by atoms with E-state index in [-0.39, 0.29) is 42.2 Å². The Labute approximate surface area is 234 Å². The van der Waals surface area contributed by atoms with Crippen LogP contribution in [-0.4, -0.2) is 58.2 Å². The Bertz CT molecular complexity index is 1720. The number of rotatable bonds is 7. The molecule has 0 amide bonds. The Hall–Kier alpha value is -3.83. The van der Waals surface area contributed by atoms with E-state index in [4.69, 9.17) is 9.47 Å². The van der Waals surface area contributed by atoms with Crippen LogP contribution in [0.25, 0.3) is 11.0 Å². The second-order valence-electron chi connectivity index (χ2n) is 10.4. The molecule has 0 unspecified atom stereocenters. The molecule has 5 rings (SSSR count). The monoisotopic (exact) mass is 563 g/mol. The van der Waals surface area contributed by atoms with Crippen molar-refractivity contribution in [2.75, 3.05) is 13.7 Å². The molecular formula is C29H33N5O5S. The van der Waals surface area contributed by atoms with E-state index in [0.717, 1.165) is 27.8 Å². The fourth-order valence-electron chi connectivity index (χ4n) is 5.25. The molecule has 3 heterocycles. The second kappa shape index (κ2) is 10.6. The number of hydrogen-bond acceptors (Lipinski definition) is 8. The number of aromatic nitrogens is 4. The number of sulfonamides is 1. The third kappa shape index (κ3) is 5.18. The van der Waals surface area contributed by atoms with Crippen LogP contribution in [0.5, 0.6) is 11.5 Å². The Morgan fingerprint density at radius 3 is 2.67 bits per heavy atom. The lowest BCUT2D eigenvalue weighted by Crippen LogP contribution is -2.35. The van der Waals surface area contributed by atoms with Crippen LogP contribution in [0.1, 0.15) is 54.1 Å². The average Bonchev–Trinajstić information content (AvgIpc) is 3.24. The minimum atomic E-state index is -3.86. The molecule has 4 aromatic rings. The predicted octanol–water partition coefficient (Wildman–Crippen LogP) is 4.07. The molecule has 0 saturated carbocycles. The van der Waals surface area contributed by atoms with Gasteiger partial charge in [0.15, 0.2) is 0 Å². The van der Waals surface area contributed by atoms with Crippen molar-refractivity contribution in [2.24, 2.45) is 7.05 Å². The number of Topliss-reactive ketones (excluding diaryl/α,β-unsaturated/α-hetero) is 1. The predicted molar refractivity (Wildman–Crippen MR) is 150 cm³/mol. The van der Waals surface area contributed by atoms with Gasteiger partial charge in [0.25, 0.3) is 0 Å². The average molecular weight is 564 g/mol. The van der Waals surface area contributed by atoms with E-state index in [1.807, 2.05) is 44.2 Å². The number of methoxy groups -OCH3 is 1. The molecule has 40 heavy (non-hydrogen) atoms. The summed E-state index contributed by atoms with van der Waals surface area (Å²) in [6.07, 6.45) is 1.29. The molecule has 0 radical (unpaired) electrons. The molecule has 1 aliphatic heterocycles. The highest BCUT2D eigenvalue weighted by Gasteiger charge is 2.34. The molecule has 210 valence electrons. The van der Waals surface area contributed by atoms with Crippen molar-refractivity contribution in [3.05, 3.63) is 70.5 Å². The summed E-state index contributed by atoms with van der Waals surface area (Å²) in [5.41, 5.74) is 5.69. The summed E-state index contributed by atoms with van der Waals surface area (Å²) >= 11 is 0. The van der Waals surface area contributed by atoms with E-state index in [9.17, 15) is 13.2 Å². The smallest absolute Gasteiger partial charge is 0.248 e. The van der Waals surface area contributed by atoms with Crippen molar-refractivity contribution >= 4 is 26.8 Å². The summed E-state index contributed by atoms with van der Waals surface area (Å²) in [5, 5.41) is 8.39. The highest BCUT2D eigenvalue weighted by Crippen LogP contribution is 2.37. The van der Waals surface area contributed by atoms with Gasteiger partial charge in [-0.3, -0.25) is 9.78 Å². The van der Waals surface area contributed by atoms with Crippen LogP contribution < -0.4 is 9.47 Å². The maximum atomic E-state index is 13.7. The number of carbonyl (C=O) groups is 1. The van der Waals surface area contributed by atoms with Gasteiger partial charge in [0.2, 0.25) is 10.0 Å². The fourth-order valence-corrected chi connectivity index (χ4v) is 6.79. The van der Waals surface area contributed by atoms with Crippen molar-refractivity contribution in [3.8, 4) is 11.5 Å². The summed E-state index contributed by atoms with van der Waals surface area (Å²) in [7, 11) is -0.467. The number of aryl methyl sites for hydroxylation is 3. The zero-order chi connectivity index (χ0) is 28.8. The van der Waals surface area contributed by atoms with Gasteiger partial charge in [0.1, 0.15) is 39.3 Å². The van der Waals surface area contributed by atoms with E-state index < -0.39 is 10.0 Å². The van der Waals surface area contributed by atoms with Crippen LogP contribution in [0.4, 0.5) is 0 Å². The molecule has 0 spiro atoms. The first kappa shape index (κ1) is 27.7. The molecule has 0 aliphatic carbocycles. The maximum Gasteiger partial charge on any atom is 0.248 e. The molecule has 0 saturated heterocycles. The normalized spacial score (nSPS) is 17.6. The van der Waals surface area contributed by atoms with Crippen LogP contribution in [-0.2, 0) is 28.4 Å². The van der Waals surface area contributed by atoms with Crippen LogP contribution in [0, 0.1) is 13.8 Å². The summed E-state index contributed by atoms with van der Waals surface area (Å²) < 4.78 is 42.1. The number of fused-ring (bicyclic) bond motifs is 2. The lowest BCUT2D eigenvalue weighted by atomic mass is 9.85. The fraction of sp³-hybridized carbons (Fsp3) is 0.379. The van der Waals surface area contributed by atoms with Crippen LogP contribution in [0.2, 0.25) is 0 Å². The van der Waals surface area contributed by atoms with Gasteiger partial charge in [-0.25, -0.2) is 13.1 Å². The van der Waals surface area contributed by atoms with Crippen molar-refractivity contribution in [2.45, 2.75) is 57.6 Å².